The third-order valence-electron chi connectivity index (χ3n) is 6.93. The summed E-state index contributed by atoms with van der Waals surface area (Å²) in [7, 11) is 0. The molecule has 0 aliphatic heterocycles. The molecule has 0 spiro atoms. The van der Waals surface area contributed by atoms with Crippen molar-refractivity contribution in [2.24, 2.45) is 0 Å². The summed E-state index contributed by atoms with van der Waals surface area (Å²) in [6.07, 6.45) is 30.8. The van der Waals surface area contributed by atoms with Crippen molar-refractivity contribution >= 4 is 5.91 Å². The largest absolute Gasteiger partial charge is 0.393 e. The fraction of sp³-hybridized carbons (Fsp3) is 0.967. The molecule has 3 nitrogen and oxygen atoms in total. The van der Waals surface area contributed by atoms with Crippen LogP contribution in [0.25, 0.3) is 0 Å². The minimum atomic E-state index is -0.0712. The van der Waals surface area contributed by atoms with Gasteiger partial charge < -0.3 is 10.4 Å². The molecular formula is C30H61NO2. The number of hydrogen-bond donors (Lipinski definition) is 2. The second-order valence-corrected chi connectivity index (χ2v) is 10.4. The van der Waals surface area contributed by atoms with E-state index in [1.165, 1.54) is 128 Å². The first-order valence-electron chi connectivity index (χ1n) is 15.2. The molecule has 3 heteroatoms. The summed E-state index contributed by atoms with van der Waals surface area (Å²) < 4.78 is 0. The Labute approximate surface area is 208 Å². The number of hydrogen-bond acceptors (Lipinski definition) is 2. The number of carbonyl (C=O) groups is 1. The van der Waals surface area contributed by atoms with Gasteiger partial charge in [0.15, 0.2) is 0 Å². The average Bonchev–Trinajstić information content (AvgIpc) is 2.81. The van der Waals surface area contributed by atoms with Crippen LogP contribution in [-0.2, 0) is 4.79 Å². The van der Waals surface area contributed by atoms with E-state index in [-0.39, 0.29) is 12.0 Å². The van der Waals surface area contributed by atoms with E-state index in [0.29, 0.717) is 6.42 Å². The van der Waals surface area contributed by atoms with E-state index < -0.39 is 0 Å². The van der Waals surface area contributed by atoms with Gasteiger partial charge in [0.1, 0.15) is 0 Å². The first kappa shape index (κ1) is 32.4. The van der Waals surface area contributed by atoms with Gasteiger partial charge in [-0.25, -0.2) is 0 Å². The Bertz CT molecular complexity index is 385. The SMILES string of the molecule is CCCCCCCCCCCCNC(=O)CCCCCCCCCCC(O)CCCCCC. The Morgan fingerprint density at radius 2 is 0.909 bits per heavy atom. The van der Waals surface area contributed by atoms with E-state index in [4.69, 9.17) is 0 Å². The van der Waals surface area contributed by atoms with Crippen molar-refractivity contribution in [3.63, 3.8) is 0 Å². The molecule has 0 rings (SSSR count). The number of unbranched alkanes of at least 4 members (excludes halogenated alkanes) is 19. The molecular weight excluding hydrogens is 406 g/mol. The van der Waals surface area contributed by atoms with Gasteiger partial charge in [0.2, 0.25) is 5.91 Å². The van der Waals surface area contributed by atoms with Crippen molar-refractivity contribution in [3.8, 4) is 0 Å². The Balaban J connectivity index is 3.21. The van der Waals surface area contributed by atoms with Crippen molar-refractivity contribution in [2.45, 2.75) is 180 Å². The number of carbonyl (C=O) groups excluding carboxylic acids is 1. The van der Waals surface area contributed by atoms with Gasteiger partial charge in [-0.1, -0.05) is 142 Å². The fourth-order valence-corrected chi connectivity index (χ4v) is 4.61. The Morgan fingerprint density at radius 1 is 0.545 bits per heavy atom. The quantitative estimate of drug-likeness (QED) is 0.118. The molecule has 198 valence electrons. The average molecular weight is 468 g/mol. The first-order chi connectivity index (χ1) is 16.2. The van der Waals surface area contributed by atoms with E-state index >= 15 is 0 Å². The lowest BCUT2D eigenvalue weighted by atomic mass is 10.0. The van der Waals surface area contributed by atoms with Crippen LogP contribution in [0.5, 0.6) is 0 Å². The van der Waals surface area contributed by atoms with Crippen molar-refractivity contribution in [2.75, 3.05) is 6.54 Å². The highest BCUT2D eigenvalue weighted by molar-refractivity contribution is 5.75. The molecule has 0 aromatic rings. The number of nitrogens with one attached hydrogen (secondary N) is 1. The van der Waals surface area contributed by atoms with Crippen molar-refractivity contribution < 1.29 is 9.90 Å². The minimum absolute atomic E-state index is 0.0712. The van der Waals surface area contributed by atoms with Gasteiger partial charge in [-0.3, -0.25) is 4.79 Å². The van der Waals surface area contributed by atoms with E-state index in [2.05, 4.69) is 19.2 Å². The normalized spacial score (nSPS) is 12.2. The third-order valence-corrected chi connectivity index (χ3v) is 6.93. The maximum absolute atomic E-state index is 11.9. The molecule has 0 saturated heterocycles. The highest BCUT2D eigenvalue weighted by atomic mass is 16.3. The predicted octanol–water partition coefficient (Wildman–Crippen LogP) is 9.26. The molecule has 1 unspecified atom stereocenters. The highest BCUT2D eigenvalue weighted by Crippen LogP contribution is 2.14. The van der Waals surface area contributed by atoms with Crippen molar-refractivity contribution in [3.05, 3.63) is 0 Å². The standard InChI is InChI=1S/C30H61NO2/c1-3-5-7-9-10-11-14-17-20-24-28-31-30(33)27-23-19-16-13-12-15-18-22-26-29(32)25-21-8-6-4-2/h29,32H,3-28H2,1-2H3,(H,31,33). The maximum atomic E-state index is 11.9. The van der Waals surface area contributed by atoms with E-state index in [0.717, 1.165) is 32.2 Å². The summed E-state index contributed by atoms with van der Waals surface area (Å²) in [5, 5.41) is 13.1. The first-order valence-corrected chi connectivity index (χ1v) is 15.2. The third kappa shape index (κ3) is 27.6. The molecule has 0 saturated carbocycles. The molecule has 1 amide bonds. The molecule has 0 aromatic carbocycles. The molecule has 1 atom stereocenters. The van der Waals surface area contributed by atoms with Gasteiger partial charge in [-0.15, -0.1) is 0 Å². The molecule has 0 bridgehead atoms. The van der Waals surface area contributed by atoms with Crippen LogP contribution in [0, 0.1) is 0 Å². The molecule has 0 aromatic heterocycles. The van der Waals surface area contributed by atoms with E-state index in [1.54, 1.807) is 0 Å². The van der Waals surface area contributed by atoms with Crippen molar-refractivity contribution in [1.82, 2.24) is 5.32 Å². The van der Waals surface area contributed by atoms with Gasteiger partial charge in [-0.05, 0) is 25.7 Å². The fourth-order valence-electron chi connectivity index (χ4n) is 4.61. The van der Waals surface area contributed by atoms with Crippen LogP contribution >= 0.6 is 0 Å². The molecule has 0 heterocycles. The lowest BCUT2D eigenvalue weighted by Crippen LogP contribution is -2.23. The Morgan fingerprint density at radius 3 is 1.39 bits per heavy atom. The van der Waals surface area contributed by atoms with Crippen LogP contribution in [0.15, 0.2) is 0 Å². The van der Waals surface area contributed by atoms with Crippen molar-refractivity contribution in [1.29, 1.82) is 0 Å². The van der Waals surface area contributed by atoms with Crippen LogP contribution < -0.4 is 5.32 Å². The smallest absolute Gasteiger partial charge is 0.219 e. The molecule has 33 heavy (non-hydrogen) atoms. The summed E-state index contributed by atoms with van der Waals surface area (Å²) in [6, 6.07) is 0. The van der Waals surface area contributed by atoms with Crippen LogP contribution in [-0.4, -0.2) is 23.7 Å². The maximum Gasteiger partial charge on any atom is 0.219 e. The van der Waals surface area contributed by atoms with Gasteiger partial charge in [0, 0.05) is 13.0 Å². The second-order valence-electron chi connectivity index (χ2n) is 10.4. The zero-order valence-corrected chi connectivity index (χ0v) is 22.8. The van der Waals surface area contributed by atoms with E-state index in [1.807, 2.05) is 0 Å². The van der Waals surface area contributed by atoms with Crippen LogP contribution in [0.3, 0.4) is 0 Å². The predicted molar refractivity (Wildman–Crippen MR) is 146 cm³/mol. The van der Waals surface area contributed by atoms with Gasteiger partial charge in [0.05, 0.1) is 6.10 Å². The minimum Gasteiger partial charge on any atom is -0.393 e. The summed E-state index contributed by atoms with van der Waals surface area (Å²) in [4.78, 5) is 11.9. The van der Waals surface area contributed by atoms with Crippen LogP contribution in [0.2, 0.25) is 0 Å². The number of aliphatic hydroxyl groups excluding tert-OH is 1. The molecule has 0 radical (unpaired) electrons. The number of aliphatic hydroxyl groups is 1. The second kappa shape index (κ2) is 27.7. The zero-order chi connectivity index (χ0) is 24.2. The van der Waals surface area contributed by atoms with Gasteiger partial charge in [0.25, 0.3) is 0 Å². The molecule has 2 N–H and O–H groups in total. The van der Waals surface area contributed by atoms with Gasteiger partial charge >= 0.3 is 0 Å². The molecule has 0 aliphatic rings. The zero-order valence-electron chi connectivity index (χ0n) is 22.8. The number of rotatable bonds is 27. The topological polar surface area (TPSA) is 49.3 Å². The highest BCUT2D eigenvalue weighted by Gasteiger charge is 2.04. The number of amides is 1. The van der Waals surface area contributed by atoms with E-state index in [9.17, 15) is 9.90 Å². The van der Waals surface area contributed by atoms with Gasteiger partial charge in [-0.2, -0.15) is 0 Å². The summed E-state index contributed by atoms with van der Waals surface area (Å²) in [5.74, 6) is 0.249. The Kier molecular flexibility index (Phi) is 27.2. The summed E-state index contributed by atoms with van der Waals surface area (Å²) in [6.45, 7) is 5.37. The summed E-state index contributed by atoms with van der Waals surface area (Å²) >= 11 is 0. The monoisotopic (exact) mass is 467 g/mol. The molecule has 0 fully saturated rings. The lowest BCUT2D eigenvalue weighted by molar-refractivity contribution is -0.121. The Hall–Kier alpha value is -0.570. The summed E-state index contributed by atoms with van der Waals surface area (Å²) in [5.41, 5.74) is 0. The van der Waals surface area contributed by atoms with Crippen LogP contribution in [0.1, 0.15) is 174 Å². The van der Waals surface area contributed by atoms with Crippen LogP contribution in [0.4, 0.5) is 0 Å². The lowest BCUT2D eigenvalue weighted by Gasteiger charge is -2.10. The molecule has 0 aliphatic carbocycles.